The summed E-state index contributed by atoms with van der Waals surface area (Å²) < 4.78 is 12.5. The third kappa shape index (κ3) is 20.8. The first-order valence-electron chi connectivity index (χ1n) is 36.0. The fourth-order valence-corrected chi connectivity index (χ4v) is 16.2. The maximum absolute atomic E-state index is 10.9. The molecule has 90 heavy (non-hydrogen) atoms. The predicted octanol–water partition coefficient (Wildman–Crippen LogP) is 25.3. The third-order valence-corrected chi connectivity index (χ3v) is 20.8. The van der Waals surface area contributed by atoms with E-state index >= 15 is 0 Å². The maximum Gasteiger partial charge on any atom is 0.391 e. The molecule has 0 bridgehead atoms. The smallest absolute Gasteiger partial charge is 0.391 e. The molecular weight excluding hydrogens is 1140 g/mol. The van der Waals surface area contributed by atoms with Crippen molar-refractivity contribution in [1.29, 1.82) is 0 Å². The van der Waals surface area contributed by atoms with Gasteiger partial charge in [0.1, 0.15) is 11.5 Å². The Morgan fingerprint density at radius 2 is 0.600 bits per heavy atom. The zero-order chi connectivity index (χ0) is 68.0. The monoisotopic (exact) mass is 1280 g/mol. The van der Waals surface area contributed by atoms with Gasteiger partial charge in [-0.3, -0.25) is 0 Å². The summed E-state index contributed by atoms with van der Waals surface area (Å²) in [6.07, 6.45) is 28.9. The van der Waals surface area contributed by atoms with Crippen LogP contribution in [0.4, 0.5) is 0 Å². The minimum Gasteiger partial charge on any atom is -0.427 e. The molecule has 0 spiro atoms. The van der Waals surface area contributed by atoms with Crippen LogP contribution in [0.2, 0.25) is 0 Å². The van der Waals surface area contributed by atoms with Crippen molar-refractivity contribution in [1.82, 2.24) is 0 Å². The van der Waals surface area contributed by atoms with Crippen LogP contribution in [0.15, 0.2) is 48.5 Å². The first-order valence-corrected chi connectivity index (χ1v) is 38.3. The lowest BCUT2D eigenvalue weighted by Crippen LogP contribution is -2.56. The Morgan fingerprint density at radius 1 is 0.333 bits per heavy atom. The minimum absolute atomic E-state index is 0.116. The summed E-state index contributed by atoms with van der Waals surface area (Å²) >= 11 is 0. The lowest BCUT2D eigenvalue weighted by molar-refractivity contribution is 0.165. The highest BCUT2D eigenvalue weighted by atomic mass is 31.2. The van der Waals surface area contributed by atoms with E-state index in [0.29, 0.717) is 11.5 Å². The first kappa shape index (κ1) is 79.6. The van der Waals surface area contributed by atoms with Crippen molar-refractivity contribution < 1.29 is 28.6 Å². The average Bonchev–Trinajstić information content (AvgIpc) is 0.678. The molecule has 0 heterocycles. The number of aryl methyl sites for hydroxylation is 4. The van der Waals surface area contributed by atoms with Crippen molar-refractivity contribution >= 4 is 17.2 Å². The molecule has 0 saturated carbocycles. The molecule has 0 fully saturated rings. The molecule has 0 aromatic heterocycles. The van der Waals surface area contributed by atoms with Crippen LogP contribution in [0.3, 0.4) is 0 Å². The normalized spacial score (nSPS) is 14.3. The Balaban J connectivity index is 2.61. The zero-order valence-electron chi connectivity index (χ0n) is 62.7. The standard InChI is InChI=1S/C82H136O6P2/c1-26-28-30-32-34-36-38-40-42-44-46-48-81(74-69(79(20,21)22)52-59(4)53-70(74)80(23,24)25,62(7)73-67(77(14,15)16)50-58(3)51-68(73)78(17,18)19)82(49-47-45-43-41-39-37-35-33-31-29-27-2,63-56-65(75(8,9)10)71(54-60(63)5)87-89(83)84)64-57-66(76(11,12)13)72(55-61(64)6)88-90(85)86/h50-57,62,83-86H,26-49H2,1-25H3. The van der Waals surface area contributed by atoms with Gasteiger partial charge >= 0.3 is 17.2 Å². The molecule has 0 saturated heterocycles. The summed E-state index contributed by atoms with van der Waals surface area (Å²) in [4.78, 5) is 43.6. The summed E-state index contributed by atoms with van der Waals surface area (Å²) in [7, 11) is -5.47. The van der Waals surface area contributed by atoms with Gasteiger partial charge in [0.25, 0.3) is 0 Å². The Kier molecular flexibility index (Phi) is 29.8. The average molecular weight is 1280 g/mol. The fourth-order valence-electron chi connectivity index (χ4n) is 15.6. The fraction of sp³-hybridized carbons (Fsp3) is 0.707. The third-order valence-electron chi connectivity index (χ3n) is 20.1. The van der Waals surface area contributed by atoms with Crippen LogP contribution < -0.4 is 9.05 Å². The van der Waals surface area contributed by atoms with Crippen LogP contribution in [0, 0.1) is 27.7 Å². The van der Waals surface area contributed by atoms with Gasteiger partial charge in [0.05, 0.1) is 0 Å². The van der Waals surface area contributed by atoms with E-state index in [0.717, 1.165) is 67.2 Å². The van der Waals surface area contributed by atoms with Gasteiger partial charge in [0, 0.05) is 22.0 Å². The molecule has 4 aromatic carbocycles. The molecular formula is C82H136O6P2. The molecule has 4 rings (SSSR count). The second kappa shape index (κ2) is 33.7. The molecule has 8 heteroatoms. The zero-order valence-corrected chi connectivity index (χ0v) is 64.5. The van der Waals surface area contributed by atoms with Crippen molar-refractivity contribution in [2.45, 2.75) is 376 Å². The second-order valence-electron chi connectivity index (χ2n) is 34.2. The Bertz CT molecular complexity index is 2700. The van der Waals surface area contributed by atoms with E-state index in [-0.39, 0.29) is 27.6 Å². The summed E-state index contributed by atoms with van der Waals surface area (Å²) in [6.45, 7) is 59.3. The van der Waals surface area contributed by atoms with E-state index in [1.807, 2.05) is 0 Å². The van der Waals surface area contributed by atoms with Crippen LogP contribution in [-0.2, 0) is 43.3 Å². The summed E-state index contributed by atoms with van der Waals surface area (Å²) in [5.41, 5.74) is 13.9. The highest BCUT2D eigenvalue weighted by molar-refractivity contribution is 7.40. The van der Waals surface area contributed by atoms with Crippen molar-refractivity contribution in [3.8, 4) is 11.5 Å². The summed E-state index contributed by atoms with van der Waals surface area (Å²) in [6, 6.07) is 19.5. The van der Waals surface area contributed by atoms with E-state index in [9.17, 15) is 19.6 Å². The van der Waals surface area contributed by atoms with E-state index in [1.54, 1.807) is 0 Å². The number of unbranched alkanes of at least 4 members (excludes halogenated alkanes) is 20. The molecule has 0 radical (unpaired) electrons. The highest BCUT2D eigenvalue weighted by Gasteiger charge is 2.61. The minimum atomic E-state index is -2.73. The van der Waals surface area contributed by atoms with Crippen LogP contribution in [0.5, 0.6) is 11.5 Å². The number of hydrogen-bond donors (Lipinski definition) is 4. The van der Waals surface area contributed by atoms with Gasteiger partial charge in [-0.15, -0.1) is 0 Å². The Labute approximate surface area is 557 Å². The van der Waals surface area contributed by atoms with Crippen LogP contribution in [0.25, 0.3) is 0 Å². The van der Waals surface area contributed by atoms with Gasteiger partial charge in [0.2, 0.25) is 0 Å². The molecule has 6 nitrogen and oxygen atoms in total. The molecule has 0 aliphatic carbocycles. The van der Waals surface area contributed by atoms with Gasteiger partial charge in [0.15, 0.2) is 0 Å². The lowest BCUT2D eigenvalue weighted by atomic mass is 9.42. The van der Waals surface area contributed by atoms with Crippen LogP contribution in [0.1, 0.15) is 383 Å². The molecule has 510 valence electrons. The van der Waals surface area contributed by atoms with Gasteiger partial charge in [-0.1, -0.05) is 334 Å². The predicted molar refractivity (Wildman–Crippen MR) is 394 cm³/mol. The van der Waals surface area contributed by atoms with E-state index in [4.69, 9.17) is 9.05 Å². The van der Waals surface area contributed by atoms with Crippen LogP contribution in [-0.4, -0.2) is 19.6 Å². The number of rotatable bonds is 34. The topological polar surface area (TPSA) is 99.4 Å². The molecule has 0 amide bonds. The van der Waals surface area contributed by atoms with Gasteiger partial charge < -0.3 is 28.6 Å². The van der Waals surface area contributed by atoms with Crippen molar-refractivity contribution in [3.05, 3.63) is 126 Å². The van der Waals surface area contributed by atoms with Crippen molar-refractivity contribution in [2.75, 3.05) is 0 Å². The lowest BCUT2D eigenvalue weighted by Gasteiger charge is -2.60. The van der Waals surface area contributed by atoms with Crippen molar-refractivity contribution in [3.63, 3.8) is 0 Å². The quantitative estimate of drug-likeness (QED) is 0.0275. The Morgan fingerprint density at radius 3 is 0.878 bits per heavy atom. The molecule has 4 aromatic rings. The van der Waals surface area contributed by atoms with E-state index in [2.05, 4.69) is 222 Å². The number of hydrogen-bond acceptors (Lipinski definition) is 6. The largest absolute Gasteiger partial charge is 0.427 e. The van der Waals surface area contributed by atoms with Crippen molar-refractivity contribution in [2.24, 2.45) is 0 Å². The highest BCUT2D eigenvalue weighted by Crippen LogP contribution is 2.67. The van der Waals surface area contributed by atoms with E-state index in [1.165, 1.54) is 165 Å². The van der Waals surface area contributed by atoms with Crippen LogP contribution >= 0.6 is 17.2 Å². The second-order valence-corrected chi connectivity index (χ2v) is 35.6. The van der Waals surface area contributed by atoms with Gasteiger partial charge in [-0.2, -0.15) is 0 Å². The maximum atomic E-state index is 10.9. The Hall–Kier alpha value is -2.82. The number of benzene rings is 4. The molecule has 2 atom stereocenters. The van der Waals surface area contributed by atoms with Gasteiger partial charge in [-0.05, 0) is 147 Å². The summed E-state index contributed by atoms with van der Waals surface area (Å²) in [5, 5.41) is 0. The molecule has 0 aliphatic heterocycles. The first-order chi connectivity index (χ1) is 41.6. The molecule has 0 aliphatic rings. The summed E-state index contributed by atoms with van der Waals surface area (Å²) in [5.74, 6) is 0.897. The molecule has 4 N–H and O–H groups in total. The SMILES string of the molecule is CCCCCCCCCCCCCC(c1cc(C(C)(C)C)c(OP(O)O)cc1C)(c1cc(C(C)(C)C)c(OP(O)O)cc1C)C(CCCCCCCCCCCCC)(c1c(C(C)(C)C)cc(C)cc1C(C)(C)C)C(C)c1c(C(C)(C)C)cc(C)cc1C(C)(C)C. The van der Waals surface area contributed by atoms with Gasteiger partial charge in [-0.25, -0.2) is 0 Å². The molecule has 2 unspecified atom stereocenters. The van der Waals surface area contributed by atoms with E-state index < -0.39 is 38.9 Å².